The highest BCUT2D eigenvalue weighted by atomic mass is 32.2. The minimum absolute atomic E-state index is 0.0370. The molecule has 0 aromatic heterocycles. The first-order valence-corrected chi connectivity index (χ1v) is 9.87. The van der Waals surface area contributed by atoms with Gasteiger partial charge in [-0.15, -0.1) is 0 Å². The van der Waals surface area contributed by atoms with Crippen LogP contribution in [0.4, 0.5) is 0 Å². The molecule has 5 heteroatoms. The molecule has 1 aromatic carbocycles. The molecule has 2 aliphatic rings. The molecule has 122 valence electrons. The number of nitrogens with two attached hydrogens (primary N) is 1. The second-order valence-corrected chi connectivity index (χ2v) is 8.61. The Morgan fingerprint density at radius 3 is 2.27 bits per heavy atom. The Hall–Kier alpha value is -0.910. The molecule has 1 heterocycles. The molecule has 1 atom stereocenters. The van der Waals surface area contributed by atoms with Crippen LogP contribution in [-0.4, -0.2) is 31.9 Å². The minimum Gasteiger partial charge on any atom is -0.327 e. The average Bonchev–Trinajstić information content (AvgIpc) is 2.56. The molecule has 0 spiro atoms. The van der Waals surface area contributed by atoms with Crippen LogP contribution in [0.3, 0.4) is 0 Å². The van der Waals surface area contributed by atoms with E-state index in [9.17, 15) is 8.42 Å². The number of piperidine rings is 1. The van der Waals surface area contributed by atoms with Crippen molar-refractivity contribution in [3.8, 4) is 0 Å². The Balaban J connectivity index is 1.76. The third-order valence-corrected chi connectivity index (χ3v) is 6.89. The predicted octanol–water partition coefficient (Wildman–Crippen LogP) is 2.85. The van der Waals surface area contributed by atoms with E-state index in [1.807, 2.05) is 12.1 Å². The molecule has 1 aromatic rings. The quantitative estimate of drug-likeness (QED) is 0.930. The van der Waals surface area contributed by atoms with E-state index in [4.69, 9.17) is 5.73 Å². The second-order valence-electron chi connectivity index (χ2n) is 6.67. The van der Waals surface area contributed by atoms with Crippen molar-refractivity contribution in [1.29, 1.82) is 0 Å². The highest BCUT2D eigenvalue weighted by molar-refractivity contribution is 7.89. The molecule has 2 fully saturated rings. The van der Waals surface area contributed by atoms with Crippen LogP contribution in [0.5, 0.6) is 0 Å². The van der Waals surface area contributed by atoms with Crippen LogP contribution in [0.2, 0.25) is 0 Å². The maximum atomic E-state index is 12.7. The van der Waals surface area contributed by atoms with Crippen LogP contribution in [0, 0.1) is 0 Å². The van der Waals surface area contributed by atoms with Crippen molar-refractivity contribution >= 4 is 10.0 Å². The lowest BCUT2D eigenvalue weighted by Gasteiger charge is -2.30. The first-order valence-electron chi connectivity index (χ1n) is 8.43. The van der Waals surface area contributed by atoms with E-state index in [0.29, 0.717) is 23.9 Å². The molecule has 1 aliphatic heterocycles. The number of hydrogen-bond donors (Lipinski definition) is 1. The van der Waals surface area contributed by atoms with Crippen molar-refractivity contribution in [3.63, 3.8) is 0 Å². The first kappa shape index (κ1) is 16.0. The lowest BCUT2D eigenvalue weighted by atomic mass is 9.84. The Morgan fingerprint density at radius 1 is 0.955 bits per heavy atom. The summed E-state index contributed by atoms with van der Waals surface area (Å²) in [6, 6.07) is 7.53. The fourth-order valence-corrected chi connectivity index (χ4v) is 5.22. The molecule has 0 amide bonds. The highest BCUT2D eigenvalue weighted by Gasteiger charge is 2.29. The number of hydrogen-bond acceptors (Lipinski definition) is 3. The van der Waals surface area contributed by atoms with Crippen molar-refractivity contribution in [2.75, 3.05) is 13.1 Å². The number of benzene rings is 1. The molecule has 0 unspecified atom stereocenters. The lowest BCUT2D eigenvalue weighted by Crippen LogP contribution is -2.45. The Labute approximate surface area is 133 Å². The van der Waals surface area contributed by atoms with E-state index in [1.54, 1.807) is 12.1 Å². The van der Waals surface area contributed by atoms with Crippen LogP contribution < -0.4 is 5.73 Å². The zero-order chi connectivity index (χ0) is 15.6. The summed E-state index contributed by atoms with van der Waals surface area (Å²) < 4.78 is 26.9. The smallest absolute Gasteiger partial charge is 0.243 e. The first-order chi connectivity index (χ1) is 10.6. The third kappa shape index (κ3) is 3.36. The van der Waals surface area contributed by atoms with Gasteiger partial charge in [0.25, 0.3) is 0 Å². The summed E-state index contributed by atoms with van der Waals surface area (Å²) in [7, 11) is -3.39. The summed E-state index contributed by atoms with van der Waals surface area (Å²) in [6.07, 6.45) is 8.12. The van der Waals surface area contributed by atoms with Gasteiger partial charge in [0.1, 0.15) is 0 Å². The fraction of sp³-hybridized carbons (Fsp3) is 0.647. The van der Waals surface area contributed by atoms with Gasteiger partial charge in [-0.2, -0.15) is 4.31 Å². The summed E-state index contributed by atoms with van der Waals surface area (Å²) in [4.78, 5) is 0.404. The molecule has 0 radical (unpaired) electrons. The fourth-order valence-electron chi connectivity index (χ4n) is 3.69. The Bertz CT molecular complexity index is 592. The van der Waals surface area contributed by atoms with E-state index in [2.05, 4.69) is 0 Å². The zero-order valence-corrected chi connectivity index (χ0v) is 13.9. The zero-order valence-electron chi connectivity index (χ0n) is 13.1. The maximum absolute atomic E-state index is 12.7. The van der Waals surface area contributed by atoms with E-state index >= 15 is 0 Å². The van der Waals surface area contributed by atoms with Gasteiger partial charge in [-0.05, 0) is 49.3 Å². The summed E-state index contributed by atoms with van der Waals surface area (Å²) in [5.41, 5.74) is 7.20. The van der Waals surface area contributed by atoms with Crippen LogP contribution in [-0.2, 0) is 10.0 Å². The van der Waals surface area contributed by atoms with Crippen molar-refractivity contribution in [2.45, 2.75) is 61.8 Å². The van der Waals surface area contributed by atoms with Crippen molar-refractivity contribution in [1.82, 2.24) is 4.31 Å². The Kier molecular flexibility index (Phi) is 4.85. The van der Waals surface area contributed by atoms with Gasteiger partial charge in [0.05, 0.1) is 4.90 Å². The predicted molar refractivity (Wildman–Crippen MR) is 88.2 cm³/mol. The third-order valence-electron chi connectivity index (χ3n) is 5.02. The van der Waals surface area contributed by atoms with E-state index < -0.39 is 10.0 Å². The lowest BCUT2D eigenvalue weighted by molar-refractivity contribution is 0.316. The van der Waals surface area contributed by atoms with Crippen LogP contribution >= 0.6 is 0 Å². The molecule has 1 aliphatic carbocycles. The van der Waals surface area contributed by atoms with Crippen molar-refractivity contribution < 1.29 is 8.42 Å². The van der Waals surface area contributed by atoms with E-state index in [1.165, 1.54) is 42.0 Å². The molecular formula is C17H26N2O2S. The van der Waals surface area contributed by atoms with Crippen LogP contribution in [0.1, 0.15) is 56.4 Å². The van der Waals surface area contributed by atoms with Gasteiger partial charge in [0.2, 0.25) is 10.0 Å². The monoisotopic (exact) mass is 322 g/mol. The van der Waals surface area contributed by atoms with Gasteiger partial charge in [0, 0.05) is 19.1 Å². The standard InChI is InChI=1S/C17H26N2O2S/c18-16-7-4-12-19(13-16)22(20,21)17-10-8-15(9-11-17)14-5-2-1-3-6-14/h8-11,14,16H,1-7,12-13,18H2/t16-/m1/s1. The highest BCUT2D eigenvalue weighted by Crippen LogP contribution is 2.33. The summed E-state index contributed by atoms with van der Waals surface area (Å²) in [6.45, 7) is 1.02. The van der Waals surface area contributed by atoms with Gasteiger partial charge < -0.3 is 5.73 Å². The van der Waals surface area contributed by atoms with Crippen molar-refractivity contribution in [2.24, 2.45) is 5.73 Å². The summed E-state index contributed by atoms with van der Waals surface area (Å²) in [5, 5.41) is 0. The molecule has 2 N–H and O–H groups in total. The van der Waals surface area contributed by atoms with Crippen LogP contribution in [0.15, 0.2) is 29.2 Å². The van der Waals surface area contributed by atoms with Gasteiger partial charge >= 0.3 is 0 Å². The summed E-state index contributed by atoms with van der Waals surface area (Å²) >= 11 is 0. The van der Waals surface area contributed by atoms with Gasteiger partial charge in [-0.3, -0.25) is 0 Å². The van der Waals surface area contributed by atoms with Crippen molar-refractivity contribution in [3.05, 3.63) is 29.8 Å². The summed E-state index contributed by atoms with van der Waals surface area (Å²) in [5.74, 6) is 0.605. The number of sulfonamides is 1. The van der Waals surface area contributed by atoms with Gasteiger partial charge in [0.15, 0.2) is 0 Å². The minimum atomic E-state index is -3.39. The van der Waals surface area contributed by atoms with Gasteiger partial charge in [-0.25, -0.2) is 8.42 Å². The maximum Gasteiger partial charge on any atom is 0.243 e. The second kappa shape index (κ2) is 6.69. The molecule has 3 rings (SSSR count). The largest absolute Gasteiger partial charge is 0.327 e. The number of rotatable bonds is 3. The molecular weight excluding hydrogens is 296 g/mol. The van der Waals surface area contributed by atoms with E-state index in [0.717, 1.165) is 12.8 Å². The topological polar surface area (TPSA) is 63.4 Å². The Morgan fingerprint density at radius 2 is 1.64 bits per heavy atom. The SMILES string of the molecule is N[C@@H]1CCCN(S(=O)(=O)c2ccc(C3CCCCC3)cc2)C1. The number of nitrogens with zero attached hydrogens (tertiary/aromatic N) is 1. The molecule has 0 bridgehead atoms. The van der Waals surface area contributed by atoms with Crippen LogP contribution in [0.25, 0.3) is 0 Å². The van der Waals surface area contributed by atoms with E-state index in [-0.39, 0.29) is 6.04 Å². The molecule has 22 heavy (non-hydrogen) atoms. The molecule has 4 nitrogen and oxygen atoms in total. The normalized spacial score (nSPS) is 25.2. The molecule has 1 saturated heterocycles. The molecule has 1 saturated carbocycles. The van der Waals surface area contributed by atoms with Gasteiger partial charge in [-0.1, -0.05) is 31.4 Å². The average molecular weight is 322 g/mol.